The van der Waals surface area contributed by atoms with Gasteiger partial charge in [0.1, 0.15) is 11.6 Å². The number of hydrogen-bond donors (Lipinski definition) is 1. The van der Waals surface area contributed by atoms with Crippen molar-refractivity contribution in [1.29, 1.82) is 0 Å². The summed E-state index contributed by atoms with van der Waals surface area (Å²) in [6, 6.07) is 7.79. The van der Waals surface area contributed by atoms with Gasteiger partial charge in [-0.3, -0.25) is 10.2 Å². The molecule has 1 fully saturated rings. The number of imidazole rings is 1. The first-order chi connectivity index (χ1) is 13.9. The van der Waals surface area contributed by atoms with E-state index in [0.29, 0.717) is 24.6 Å². The highest BCUT2D eigenvalue weighted by Crippen LogP contribution is 2.23. The number of rotatable bonds is 3. The summed E-state index contributed by atoms with van der Waals surface area (Å²) in [6.07, 6.45) is 3.67. The number of carbonyl (C=O) groups excluding carboxylic acids is 1. The number of carbonyl (C=O) groups is 1. The van der Waals surface area contributed by atoms with E-state index in [1.807, 2.05) is 31.8 Å². The molecule has 152 valence electrons. The van der Waals surface area contributed by atoms with Crippen LogP contribution >= 0.6 is 0 Å². The molecule has 1 atom stereocenters. The summed E-state index contributed by atoms with van der Waals surface area (Å²) in [7, 11) is 4.00. The van der Waals surface area contributed by atoms with E-state index in [-0.39, 0.29) is 17.9 Å². The molecule has 29 heavy (non-hydrogen) atoms. The second-order valence-electron chi connectivity index (χ2n) is 7.33. The third-order valence-corrected chi connectivity index (χ3v) is 5.27. The fourth-order valence-electron chi connectivity index (χ4n) is 3.63. The predicted molar refractivity (Wildman–Crippen MR) is 107 cm³/mol. The molecule has 1 saturated heterocycles. The van der Waals surface area contributed by atoms with Crippen LogP contribution < -0.4 is 5.32 Å². The number of anilines is 1. The fraction of sp³-hybridized carbons (Fsp3) is 0.350. The summed E-state index contributed by atoms with van der Waals surface area (Å²) < 4.78 is 17.1. The van der Waals surface area contributed by atoms with Crippen LogP contribution in [0.3, 0.4) is 0 Å². The molecule has 0 aliphatic carbocycles. The Hall–Kier alpha value is -3.20. The fourth-order valence-corrected chi connectivity index (χ4v) is 3.63. The van der Waals surface area contributed by atoms with Crippen LogP contribution in [0.1, 0.15) is 17.6 Å². The van der Waals surface area contributed by atoms with Crippen molar-refractivity contribution in [1.82, 2.24) is 29.1 Å². The molecule has 4 rings (SSSR count). The second kappa shape index (κ2) is 7.67. The lowest BCUT2D eigenvalue weighted by Gasteiger charge is -2.38. The van der Waals surface area contributed by atoms with Crippen molar-refractivity contribution in [2.24, 2.45) is 7.05 Å². The number of hydrogen-bond acceptors (Lipinski definition) is 4. The van der Waals surface area contributed by atoms with Crippen molar-refractivity contribution in [3.05, 3.63) is 60.1 Å². The molecular weight excluding hydrogens is 373 g/mol. The van der Waals surface area contributed by atoms with Crippen LogP contribution in [0.25, 0.3) is 5.69 Å². The molecule has 0 saturated carbocycles. The minimum absolute atomic E-state index is 0.0288. The number of nitrogens with one attached hydrogen (secondary N) is 1. The van der Waals surface area contributed by atoms with Crippen molar-refractivity contribution in [2.75, 3.05) is 32.0 Å². The van der Waals surface area contributed by atoms with Gasteiger partial charge in [-0.05, 0) is 32.2 Å². The summed E-state index contributed by atoms with van der Waals surface area (Å²) in [6.45, 7) is 3.77. The quantitative estimate of drug-likeness (QED) is 0.737. The predicted octanol–water partition coefficient (Wildman–Crippen LogP) is 2.57. The molecule has 1 unspecified atom stereocenters. The molecule has 0 spiro atoms. The van der Waals surface area contributed by atoms with Crippen LogP contribution in [0, 0.1) is 12.7 Å². The number of amides is 2. The molecule has 2 aromatic heterocycles. The van der Waals surface area contributed by atoms with Gasteiger partial charge in [-0.1, -0.05) is 6.07 Å². The lowest BCUT2D eigenvalue weighted by molar-refractivity contribution is 0.110. The van der Waals surface area contributed by atoms with E-state index < -0.39 is 0 Å². The van der Waals surface area contributed by atoms with Gasteiger partial charge in [-0.2, -0.15) is 0 Å². The Balaban J connectivity index is 1.48. The largest absolute Gasteiger partial charge is 0.337 e. The molecule has 1 aromatic carbocycles. The number of halogens is 1. The number of nitrogens with zero attached hydrogens (tertiary/aromatic N) is 6. The van der Waals surface area contributed by atoms with Crippen LogP contribution in [-0.2, 0) is 7.05 Å². The first-order valence-corrected chi connectivity index (χ1v) is 9.48. The SMILES string of the molecule is Cc1cc(NC(=O)N2CCN(C)C(c3nccn3C)C2)nn1-c1cccc(F)c1. The van der Waals surface area contributed by atoms with E-state index in [9.17, 15) is 9.18 Å². The van der Waals surface area contributed by atoms with E-state index in [2.05, 4.69) is 20.3 Å². The Morgan fingerprint density at radius 1 is 1.24 bits per heavy atom. The molecule has 2 amide bonds. The van der Waals surface area contributed by atoms with Crippen molar-refractivity contribution in [3.63, 3.8) is 0 Å². The third kappa shape index (κ3) is 3.86. The van der Waals surface area contributed by atoms with E-state index in [1.54, 1.807) is 34.0 Å². The lowest BCUT2D eigenvalue weighted by atomic mass is 10.1. The summed E-state index contributed by atoms with van der Waals surface area (Å²) in [5.74, 6) is 1.03. The van der Waals surface area contributed by atoms with Crippen molar-refractivity contribution >= 4 is 11.8 Å². The summed E-state index contributed by atoms with van der Waals surface area (Å²) >= 11 is 0. The van der Waals surface area contributed by atoms with Crippen molar-refractivity contribution in [3.8, 4) is 5.69 Å². The molecular formula is C20H24FN7O. The maximum Gasteiger partial charge on any atom is 0.323 e. The van der Waals surface area contributed by atoms with Gasteiger partial charge >= 0.3 is 6.03 Å². The monoisotopic (exact) mass is 397 g/mol. The van der Waals surface area contributed by atoms with Crippen LogP contribution in [0.15, 0.2) is 42.7 Å². The minimum Gasteiger partial charge on any atom is -0.337 e. The maximum absolute atomic E-state index is 13.5. The zero-order valence-corrected chi connectivity index (χ0v) is 16.7. The van der Waals surface area contributed by atoms with E-state index >= 15 is 0 Å². The topological polar surface area (TPSA) is 71.2 Å². The van der Waals surface area contributed by atoms with Gasteiger partial charge in [0.25, 0.3) is 0 Å². The van der Waals surface area contributed by atoms with Gasteiger partial charge in [0, 0.05) is 50.8 Å². The highest BCUT2D eigenvalue weighted by molar-refractivity contribution is 5.88. The van der Waals surface area contributed by atoms with E-state index in [1.165, 1.54) is 12.1 Å². The molecule has 1 N–H and O–H groups in total. The number of piperazine rings is 1. The lowest BCUT2D eigenvalue weighted by Crippen LogP contribution is -2.50. The van der Waals surface area contributed by atoms with Gasteiger partial charge in [0.2, 0.25) is 0 Å². The van der Waals surface area contributed by atoms with Crippen LogP contribution in [-0.4, -0.2) is 61.8 Å². The zero-order valence-electron chi connectivity index (χ0n) is 16.7. The molecule has 8 nitrogen and oxygen atoms in total. The van der Waals surface area contributed by atoms with Crippen LogP contribution in [0.5, 0.6) is 0 Å². The maximum atomic E-state index is 13.5. The first kappa shape index (κ1) is 19.1. The van der Waals surface area contributed by atoms with Crippen molar-refractivity contribution in [2.45, 2.75) is 13.0 Å². The number of aryl methyl sites for hydroxylation is 2. The molecule has 1 aliphatic heterocycles. The number of benzene rings is 1. The highest BCUT2D eigenvalue weighted by atomic mass is 19.1. The number of likely N-dealkylation sites (N-methyl/N-ethyl adjacent to an activating group) is 1. The van der Waals surface area contributed by atoms with Crippen LogP contribution in [0.2, 0.25) is 0 Å². The molecule has 0 radical (unpaired) electrons. The molecule has 3 aromatic rings. The minimum atomic E-state index is -0.333. The van der Waals surface area contributed by atoms with Gasteiger partial charge in [0.15, 0.2) is 5.82 Å². The molecule has 9 heteroatoms. The number of urea groups is 1. The van der Waals surface area contributed by atoms with Gasteiger partial charge in [-0.15, -0.1) is 5.10 Å². The smallest absolute Gasteiger partial charge is 0.323 e. The Bertz CT molecular complexity index is 1030. The Morgan fingerprint density at radius 3 is 2.79 bits per heavy atom. The van der Waals surface area contributed by atoms with Gasteiger partial charge in [0.05, 0.1) is 11.7 Å². The summed E-state index contributed by atoms with van der Waals surface area (Å²) in [4.78, 5) is 21.3. The highest BCUT2D eigenvalue weighted by Gasteiger charge is 2.31. The average molecular weight is 397 g/mol. The first-order valence-electron chi connectivity index (χ1n) is 9.48. The molecule has 0 bridgehead atoms. The average Bonchev–Trinajstić information content (AvgIpc) is 3.27. The van der Waals surface area contributed by atoms with Crippen LogP contribution in [0.4, 0.5) is 15.0 Å². The molecule has 3 heterocycles. The zero-order chi connectivity index (χ0) is 20.5. The van der Waals surface area contributed by atoms with Crippen molar-refractivity contribution < 1.29 is 9.18 Å². The Kier molecular flexibility index (Phi) is 5.06. The second-order valence-corrected chi connectivity index (χ2v) is 7.33. The summed E-state index contributed by atoms with van der Waals surface area (Å²) in [5.41, 5.74) is 1.41. The molecule has 1 aliphatic rings. The standard InChI is InChI=1S/C20H24FN7O/c1-14-11-18(24-28(14)16-6-4-5-15(21)12-16)23-20(29)27-10-9-25(2)17(13-27)19-22-7-8-26(19)3/h4-8,11-12,17H,9-10,13H2,1-3H3,(H,23,24,29). The van der Waals surface area contributed by atoms with E-state index in [0.717, 1.165) is 18.1 Å². The van der Waals surface area contributed by atoms with Gasteiger partial charge in [-0.25, -0.2) is 18.9 Å². The third-order valence-electron chi connectivity index (χ3n) is 5.27. The summed E-state index contributed by atoms with van der Waals surface area (Å²) in [5, 5.41) is 7.29. The normalized spacial score (nSPS) is 17.5. The Labute approximate surface area is 168 Å². The van der Waals surface area contributed by atoms with Gasteiger partial charge < -0.3 is 9.47 Å². The number of aromatic nitrogens is 4. The van der Waals surface area contributed by atoms with E-state index in [4.69, 9.17) is 0 Å². The Morgan fingerprint density at radius 2 is 2.07 bits per heavy atom.